The van der Waals surface area contributed by atoms with Crippen molar-refractivity contribution in [3.05, 3.63) is 70.8 Å². The van der Waals surface area contributed by atoms with Gasteiger partial charge in [0.1, 0.15) is 0 Å². The van der Waals surface area contributed by atoms with E-state index >= 15 is 0 Å². The third kappa shape index (κ3) is 3.92. The van der Waals surface area contributed by atoms with Crippen LogP contribution in [0.1, 0.15) is 41.6 Å². The van der Waals surface area contributed by atoms with Crippen molar-refractivity contribution in [3.8, 4) is 0 Å². The molecule has 2 nitrogen and oxygen atoms in total. The fourth-order valence-electron chi connectivity index (χ4n) is 2.60. The van der Waals surface area contributed by atoms with Crippen LogP contribution in [0.5, 0.6) is 0 Å². The molecule has 0 heterocycles. The van der Waals surface area contributed by atoms with Crippen LogP contribution in [0.3, 0.4) is 0 Å². The van der Waals surface area contributed by atoms with E-state index in [1.54, 1.807) is 0 Å². The summed E-state index contributed by atoms with van der Waals surface area (Å²) in [6, 6.07) is 17.5. The molecular weight excluding hydrogens is 244 g/mol. The summed E-state index contributed by atoms with van der Waals surface area (Å²) in [6.07, 6.45) is 3.20. The standard InChI is InChI=1S/C18H24N2/c1-3-6-15-8-5-10-17(12-15)18(20-19)13-16-9-4-7-14(2)11-16/h4-5,7-12,18,20H,3,6,13,19H2,1-2H3. The van der Waals surface area contributed by atoms with E-state index in [-0.39, 0.29) is 6.04 Å². The van der Waals surface area contributed by atoms with E-state index in [9.17, 15) is 0 Å². The van der Waals surface area contributed by atoms with E-state index in [0.29, 0.717) is 0 Å². The molecule has 0 bridgehead atoms. The van der Waals surface area contributed by atoms with E-state index in [1.807, 2.05) is 0 Å². The summed E-state index contributed by atoms with van der Waals surface area (Å²) in [4.78, 5) is 0. The SMILES string of the molecule is CCCc1cccc(C(Cc2cccc(C)c2)NN)c1. The summed E-state index contributed by atoms with van der Waals surface area (Å²) >= 11 is 0. The quantitative estimate of drug-likeness (QED) is 0.619. The molecule has 20 heavy (non-hydrogen) atoms. The average Bonchev–Trinajstić information content (AvgIpc) is 2.45. The highest BCUT2D eigenvalue weighted by atomic mass is 15.2. The Morgan fingerprint density at radius 1 is 1.05 bits per heavy atom. The summed E-state index contributed by atoms with van der Waals surface area (Å²) in [5, 5.41) is 0. The third-order valence-corrected chi connectivity index (χ3v) is 3.62. The van der Waals surface area contributed by atoms with Crippen LogP contribution in [0, 0.1) is 6.92 Å². The zero-order valence-electron chi connectivity index (χ0n) is 12.4. The molecular formula is C18H24N2. The third-order valence-electron chi connectivity index (χ3n) is 3.62. The van der Waals surface area contributed by atoms with Crippen LogP contribution >= 0.6 is 0 Å². The van der Waals surface area contributed by atoms with Gasteiger partial charge in [-0.3, -0.25) is 11.3 Å². The van der Waals surface area contributed by atoms with Crippen LogP contribution in [-0.2, 0) is 12.8 Å². The van der Waals surface area contributed by atoms with Gasteiger partial charge < -0.3 is 0 Å². The molecule has 2 rings (SSSR count). The molecule has 0 aromatic heterocycles. The van der Waals surface area contributed by atoms with E-state index < -0.39 is 0 Å². The fraction of sp³-hybridized carbons (Fsp3) is 0.333. The van der Waals surface area contributed by atoms with Gasteiger partial charge in [-0.05, 0) is 36.5 Å². The molecule has 106 valence electrons. The minimum atomic E-state index is 0.161. The monoisotopic (exact) mass is 268 g/mol. The van der Waals surface area contributed by atoms with Gasteiger partial charge in [-0.1, -0.05) is 67.4 Å². The molecule has 0 fully saturated rings. The lowest BCUT2D eigenvalue weighted by Crippen LogP contribution is -2.29. The molecule has 0 aliphatic carbocycles. The molecule has 2 aromatic carbocycles. The topological polar surface area (TPSA) is 38.0 Å². The van der Waals surface area contributed by atoms with Crippen molar-refractivity contribution in [1.82, 2.24) is 5.43 Å². The first-order chi connectivity index (χ1) is 9.72. The van der Waals surface area contributed by atoms with Crippen molar-refractivity contribution in [3.63, 3.8) is 0 Å². The fourth-order valence-corrected chi connectivity index (χ4v) is 2.60. The van der Waals surface area contributed by atoms with Gasteiger partial charge in [0, 0.05) is 6.04 Å². The number of rotatable bonds is 6. The highest BCUT2D eigenvalue weighted by Gasteiger charge is 2.11. The van der Waals surface area contributed by atoms with Crippen molar-refractivity contribution in [2.75, 3.05) is 0 Å². The number of nitrogens with two attached hydrogens (primary N) is 1. The first-order valence-electron chi connectivity index (χ1n) is 7.33. The van der Waals surface area contributed by atoms with Gasteiger partial charge in [0.05, 0.1) is 0 Å². The lowest BCUT2D eigenvalue weighted by atomic mass is 9.96. The molecule has 2 heteroatoms. The van der Waals surface area contributed by atoms with Gasteiger partial charge in [-0.15, -0.1) is 0 Å². The second kappa shape index (κ2) is 7.22. The van der Waals surface area contributed by atoms with E-state index in [2.05, 4.69) is 67.8 Å². The first-order valence-corrected chi connectivity index (χ1v) is 7.33. The van der Waals surface area contributed by atoms with E-state index in [0.717, 1.165) is 12.8 Å². The molecule has 3 N–H and O–H groups in total. The number of benzene rings is 2. The average molecular weight is 268 g/mol. The van der Waals surface area contributed by atoms with Gasteiger partial charge >= 0.3 is 0 Å². The molecule has 0 aliphatic heterocycles. The molecule has 0 amide bonds. The van der Waals surface area contributed by atoms with Crippen LogP contribution < -0.4 is 11.3 Å². The Morgan fingerprint density at radius 2 is 1.80 bits per heavy atom. The number of aryl methyl sites for hydroxylation is 2. The van der Waals surface area contributed by atoms with Gasteiger partial charge in [-0.25, -0.2) is 0 Å². The number of hydrogen-bond donors (Lipinski definition) is 2. The molecule has 1 unspecified atom stereocenters. The maximum absolute atomic E-state index is 5.76. The lowest BCUT2D eigenvalue weighted by molar-refractivity contribution is 0.551. The number of hydrogen-bond acceptors (Lipinski definition) is 2. The molecule has 1 atom stereocenters. The van der Waals surface area contributed by atoms with Crippen molar-refractivity contribution in [2.24, 2.45) is 5.84 Å². The lowest BCUT2D eigenvalue weighted by Gasteiger charge is -2.17. The summed E-state index contributed by atoms with van der Waals surface area (Å²) in [5.41, 5.74) is 8.21. The van der Waals surface area contributed by atoms with Crippen LogP contribution in [0.2, 0.25) is 0 Å². The second-order valence-corrected chi connectivity index (χ2v) is 5.41. The summed E-state index contributed by atoms with van der Waals surface area (Å²) in [5.74, 6) is 5.76. The highest BCUT2D eigenvalue weighted by Crippen LogP contribution is 2.20. The van der Waals surface area contributed by atoms with Crippen molar-refractivity contribution in [2.45, 2.75) is 39.2 Å². The largest absolute Gasteiger partial charge is 0.271 e. The highest BCUT2D eigenvalue weighted by molar-refractivity contribution is 5.29. The summed E-state index contributed by atoms with van der Waals surface area (Å²) in [7, 11) is 0. The Hall–Kier alpha value is -1.64. The maximum Gasteiger partial charge on any atom is 0.0500 e. The Labute approximate surface area is 122 Å². The van der Waals surface area contributed by atoms with Crippen LogP contribution in [0.15, 0.2) is 48.5 Å². The van der Waals surface area contributed by atoms with Gasteiger partial charge in [0.25, 0.3) is 0 Å². The second-order valence-electron chi connectivity index (χ2n) is 5.41. The summed E-state index contributed by atoms with van der Waals surface area (Å²) in [6.45, 7) is 4.33. The molecule has 0 spiro atoms. The Balaban J connectivity index is 2.17. The smallest absolute Gasteiger partial charge is 0.0500 e. The predicted octanol–water partition coefficient (Wildman–Crippen LogP) is 3.69. The van der Waals surface area contributed by atoms with Crippen molar-refractivity contribution < 1.29 is 0 Å². The molecule has 2 aromatic rings. The zero-order chi connectivity index (χ0) is 14.4. The molecule has 0 aliphatic rings. The first kappa shape index (κ1) is 14.8. The summed E-state index contributed by atoms with van der Waals surface area (Å²) < 4.78 is 0. The zero-order valence-corrected chi connectivity index (χ0v) is 12.4. The van der Waals surface area contributed by atoms with Gasteiger partial charge in [-0.2, -0.15) is 0 Å². The van der Waals surface area contributed by atoms with E-state index in [1.165, 1.54) is 28.7 Å². The van der Waals surface area contributed by atoms with Crippen molar-refractivity contribution >= 4 is 0 Å². The van der Waals surface area contributed by atoms with Crippen LogP contribution in [0.4, 0.5) is 0 Å². The Morgan fingerprint density at radius 3 is 2.50 bits per heavy atom. The minimum Gasteiger partial charge on any atom is -0.271 e. The predicted molar refractivity (Wildman–Crippen MR) is 85.4 cm³/mol. The molecule has 0 saturated heterocycles. The van der Waals surface area contributed by atoms with Gasteiger partial charge in [0.2, 0.25) is 0 Å². The van der Waals surface area contributed by atoms with Crippen molar-refractivity contribution in [1.29, 1.82) is 0 Å². The van der Waals surface area contributed by atoms with Gasteiger partial charge in [0.15, 0.2) is 0 Å². The normalized spacial score (nSPS) is 12.3. The Kier molecular flexibility index (Phi) is 5.33. The van der Waals surface area contributed by atoms with Crippen LogP contribution in [-0.4, -0.2) is 0 Å². The number of nitrogens with one attached hydrogen (secondary N) is 1. The molecule has 0 saturated carbocycles. The molecule has 0 radical (unpaired) electrons. The number of hydrazine groups is 1. The van der Waals surface area contributed by atoms with E-state index in [4.69, 9.17) is 5.84 Å². The maximum atomic E-state index is 5.76. The minimum absolute atomic E-state index is 0.161. The Bertz CT molecular complexity index is 549. The van der Waals surface area contributed by atoms with Crippen LogP contribution in [0.25, 0.3) is 0 Å².